The van der Waals surface area contributed by atoms with Crippen LogP contribution >= 0.6 is 0 Å². The molecule has 2 rings (SSSR count). The molecular weight excluding hydrogens is 244 g/mol. The molecule has 0 amide bonds. The van der Waals surface area contributed by atoms with Crippen molar-refractivity contribution in [3.05, 3.63) is 41.5 Å². The van der Waals surface area contributed by atoms with Gasteiger partial charge in [0.1, 0.15) is 25.1 Å². The van der Waals surface area contributed by atoms with Gasteiger partial charge in [-0.05, 0) is 42.7 Å². The van der Waals surface area contributed by atoms with Crippen molar-refractivity contribution in [1.29, 1.82) is 0 Å². The Morgan fingerprint density at radius 3 is 2.63 bits per heavy atom. The summed E-state index contributed by atoms with van der Waals surface area (Å²) in [5.41, 5.74) is 3.01. The highest BCUT2D eigenvalue weighted by Gasteiger charge is 2.23. The van der Waals surface area contributed by atoms with Crippen LogP contribution in [-0.2, 0) is 20.9 Å². The third kappa shape index (κ3) is 3.83. The van der Waals surface area contributed by atoms with E-state index < -0.39 is 5.97 Å². The van der Waals surface area contributed by atoms with Crippen LogP contribution in [0.1, 0.15) is 16.7 Å². The molecule has 1 aliphatic rings. The molecule has 1 aromatic carbocycles. The van der Waals surface area contributed by atoms with E-state index in [0.717, 1.165) is 35.1 Å². The molecule has 1 atom stereocenters. The Morgan fingerprint density at radius 2 is 2.11 bits per heavy atom. The van der Waals surface area contributed by atoms with E-state index in [9.17, 15) is 4.79 Å². The lowest BCUT2D eigenvalue weighted by Gasteiger charge is -2.13. The second-order valence-corrected chi connectivity index (χ2v) is 4.64. The number of hydrogen-bond acceptors (Lipinski definition) is 4. The van der Waals surface area contributed by atoms with Gasteiger partial charge in [-0.1, -0.05) is 6.58 Å². The summed E-state index contributed by atoms with van der Waals surface area (Å²) in [7, 11) is 0. The van der Waals surface area contributed by atoms with Gasteiger partial charge in [0.05, 0.1) is 6.61 Å². The van der Waals surface area contributed by atoms with Gasteiger partial charge in [-0.25, -0.2) is 4.79 Å². The van der Waals surface area contributed by atoms with Gasteiger partial charge in [0.15, 0.2) is 0 Å². The molecule has 4 heteroatoms. The zero-order valence-corrected chi connectivity index (χ0v) is 11.3. The van der Waals surface area contributed by atoms with E-state index in [0.29, 0.717) is 6.61 Å². The fourth-order valence-corrected chi connectivity index (χ4v) is 1.90. The van der Waals surface area contributed by atoms with Crippen LogP contribution in [0.2, 0.25) is 0 Å². The van der Waals surface area contributed by atoms with Gasteiger partial charge < -0.3 is 14.2 Å². The minimum absolute atomic E-state index is 0.243. The highest BCUT2D eigenvalue weighted by atomic mass is 16.6. The topological polar surface area (TPSA) is 48.1 Å². The molecular formula is C15H18O4. The second kappa shape index (κ2) is 5.89. The molecule has 1 heterocycles. The molecule has 1 saturated heterocycles. The van der Waals surface area contributed by atoms with E-state index in [1.807, 2.05) is 26.0 Å². The predicted molar refractivity (Wildman–Crippen MR) is 71.1 cm³/mol. The Hall–Kier alpha value is -1.81. The number of hydrogen-bond donors (Lipinski definition) is 0. The molecule has 0 saturated carbocycles. The van der Waals surface area contributed by atoms with E-state index >= 15 is 0 Å². The zero-order valence-electron chi connectivity index (χ0n) is 11.3. The minimum atomic E-state index is -0.415. The minimum Gasteiger partial charge on any atom is -0.490 e. The van der Waals surface area contributed by atoms with Crippen LogP contribution in [0.4, 0.5) is 0 Å². The quantitative estimate of drug-likeness (QED) is 0.448. The number of epoxide rings is 1. The van der Waals surface area contributed by atoms with Crippen molar-refractivity contribution in [2.24, 2.45) is 0 Å². The average molecular weight is 262 g/mol. The molecule has 0 aromatic heterocycles. The van der Waals surface area contributed by atoms with Crippen LogP contribution in [0.15, 0.2) is 24.8 Å². The van der Waals surface area contributed by atoms with Crippen molar-refractivity contribution >= 4 is 5.97 Å². The van der Waals surface area contributed by atoms with E-state index in [-0.39, 0.29) is 12.7 Å². The monoisotopic (exact) mass is 262 g/mol. The Bertz CT molecular complexity index is 466. The summed E-state index contributed by atoms with van der Waals surface area (Å²) < 4.78 is 15.9. The lowest BCUT2D eigenvalue weighted by molar-refractivity contribution is -0.138. The first kappa shape index (κ1) is 13.6. The standard InChI is InChI=1S/C15H18O4/c1-4-14(16)18-7-12-5-10(2)15(11(3)6-12)19-9-13-8-17-13/h4-6,13H,1,7-9H2,2-3H3. The van der Waals surface area contributed by atoms with Gasteiger partial charge in [-0.3, -0.25) is 0 Å². The van der Waals surface area contributed by atoms with Gasteiger partial charge in [-0.15, -0.1) is 0 Å². The normalized spacial score (nSPS) is 16.8. The number of ether oxygens (including phenoxy) is 3. The first-order chi connectivity index (χ1) is 9.10. The first-order valence-electron chi connectivity index (χ1n) is 6.24. The molecule has 1 unspecified atom stereocenters. The number of carbonyl (C=O) groups is 1. The number of aryl methyl sites for hydroxylation is 2. The lowest BCUT2D eigenvalue weighted by atomic mass is 10.1. The molecule has 0 N–H and O–H groups in total. The maximum absolute atomic E-state index is 11.0. The Kier molecular flexibility index (Phi) is 4.22. The van der Waals surface area contributed by atoms with Crippen LogP contribution in [-0.4, -0.2) is 25.3 Å². The molecule has 0 bridgehead atoms. The van der Waals surface area contributed by atoms with E-state index in [4.69, 9.17) is 14.2 Å². The van der Waals surface area contributed by atoms with Crippen LogP contribution in [0, 0.1) is 13.8 Å². The van der Waals surface area contributed by atoms with E-state index in [1.165, 1.54) is 0 Å². The van der Waals surface area contributed by atoms with Gasteiger partial charge >= 0.3 is 5.97 Å². The Morgan fingerprint density at radius 1 is 1.47 bits per heavy atom. The molecule has 0 spiro atoms. The summed E-state index contributed by atoms with van der Waals surface area (Å²) >= 11 is 0. The van der Waals surface area contributed by atoms with Crippen LogP contribution < -0.4 is 4.74 Å². The molecule has 102 valence electrons. The van der Waals surface area contributed by atoms with Crippen molar-refractivity contribution in [1.82, 2.24) is 0 Å². The molecule has 4 nitrogen and oxygen atoms in total. The van der Waals surface area contributed by atoms with Crippen molar-refractivity contribution in [2.75, 3.05) is 13.2 Å². The molecule has 0 radical (unpaired) electrons. The summed E-state index contributed by atoms with van der Waals surface area (Å²) in [5.74, 6) is 0.468. The zero-order chi connectivity index (χ0) is 13.8. The maximum atomic E-state index is 11.0. The van der Waals surface area contributed by atoms with Crippen molar-refractivity contribution in [3.63, 3.8) is 0 Å². The highest BCUT2D eigenvalue weighted by molar-refractivity contribution is 5.81. The highest BCUT2D eigenvalue weighted by Crippen LogP contribution is 2.26. The predicted octanol–water partition coefficient (Wildman–Crippen LogP) is 2.31. The maximum Gasteiger partial charge on any atom is 0.330 e. The van der Waals surface area contributed by atoms with Crippen LogP contribution in [0.25, 0.3) is 0 Å². The number of esters is 1. The Labute approximate surface area is 113 Å². The lowest BCUT2D eigenvalue weighted by Crippen LogP contribution is -2.07. The smallest absolute Gasteiger partial charge is 0.330 e. The van der Waals surface area contributed by atoms with Crippen molar-refractivity contribution in [3.8, 4) is 5.75 Å². The van der Waals surface area contributed by atoms with E-state index in [2.05, 4.69) is 6.58 Å². The van der Waals surface area contributed by atoms with Gasteiger partial charge in [0.25, 0.3) is 0 Å². The van der Waals surface area contributed by atoms with Crippen LogP contribution in [0.3, 0.4) is 0 Å². The SMILES string of the molecule is C=CC(=O)OCc1cc(C)c(OCC2CO2)c(C)c1. The van der Waals surface area contributed by atoms with Crippen molar-refractivity contribution in [2.45, 2.75) is 26.6 Å². The second-order valence-electron chi connectivity index (χ2n) is 4.64. The molecule has 1 aromatic rings. The molecule has 1 aliphatic heterocycles. The molecule has 1 fully saturated rings. The molecule has 0 aliphatic carbocycles. The van der Waals surface area contributed by atoms with Crippen molar-refractivity contribution < 1.29 is 19.0 Å². The summed E-state index contributed by atoms with van der Waals surface area (Å²) in [6.07, 6.45) is 1.40. The van der Waals surface area contributed by atoms with Gasteiger partial charge in [0, 0.05) is 6.08 Å². The fraction of sp³-hybridized carbons (Fsp3) is 0.400. The Balaban J connectivity index is 2.02. The largest absolute Gasteiger partial charge is 0.490 e. The van der Waals surface area contributed by atoms with Crippen LogP contribution in [0.5, 0.6) is 5.75 Å². The summed E-state index contributed by atoms with van der Waals surface area (Å²) in [4.78, 5) is 11.0. The van der Waals surface area contributed by atoms with Gasteiger partial charge in [0.2, 0.25) is 0 Å². The average Bonchev–Trinajstić information content (AvgIpc) is 3.19. The number of benzene rings is 1. The van der Waals surface area contributed by atoms with Gasteiger partial charge in [-0.2, -0.15) is 0 Å². The third-order valence-corrected chi connectivity index (χ3v) is 2.88. The number of rotatable bonds is 6. The summed E-state index contributed by atoms with van der Waals surface area (Å²) in [5, 5.41) is 0. The fourth-order valence-electron chi connectivity index (χ4n) is 1.90. The third-order valence-electron chi connectivity index (χ3n) is 2.88. The van der Waals surface area contributed by atoms with E-state index in [1.54, 1.807) is 0 Å². The summed E-state index contributed by atoms with van der Waals surface area (Å²) in [6, 6.07) is 3.93. The summed E-state index contributed by atoms with van der Waals surface area (Å²) in [6.45, 7) is 8.95. The first-order valence-corrected chi connectivity index (χ1v) is 6.24. The molecule has 19 heavy (non-hydrogen) atoms. The number of carbonyl (C=O) groups excluding carboxylic acids is 1.